The van der Waals surface area contributed by atoms with Gasteiger partial charge < -0.3 is 24.4 Å². The Hall–Kier alpha value is -3.22. The molecule has 1 saturated heterocycles. The highest BCUT2D eigenvalue weighted by molar-refractivity contribution is 6.01. The monoisotopic (exact) mass is 440 g/mol. The molecule has 1 aliphatic heterocycles. The van der Waals surface area contributed by atoms with E-state index >= 15 is 0 Å². The average Bonchev–Trinajstić information content (AvgIpc) is 3.17. The van der Waals surface area contributed by atoms with Gasteiger partial charge in [0.15, 0.2) is 11.5 Å². The lowest BCUT2D eigenvalue weighted by atomic mass is 10.0. The van der Waals surface area contributed by atoms with Crippen molar-refractivity contribution in [1.82, 2.24) is 5.32 Å². The van der Waals surface area contributed by atoms with Crippen molar-refractivity contribution in [3.05, 3.63) is 48.0 Å². The standard InChI is InChI=1S/C25H32N2O5/c1-5-30-21-11-9-8-10-20(21)27-16-19(15-24(27)28)25(29)26-17(4)18-12-13-22(31-6-2)23(14-18)32-7-3/h8-14,17,19H,5-7,15-16H2,1-4H3,(H,26,29)/t17-,19-/m0/s1. The third kappa shape index (κ3) is 5.33. The molecule has 1 fully saturated rings. The first-order valence-electron chi connectivity index (χ1n) is 11.2. The highest BCUT2D eigenvalue weighted by atomic mass is 16.5. The van der Waals surface area contributed by atoms with Crippen LogP contribution in [0.4, 0.5) is 5.69 Å². The minimum absolute atomic E-state index is 0.0790. The summed E-state index contributed by atoms with van der Waals surface area (Å²) in [5.41, 5.74) is 1.61. The second kappa shape index (κ2) is 10.9. The van der Waals surface area contributed by atoms with Crippen LogP contribution < -0.4 is 24.4 Å². The molecule has 2 atom stereocenters. The SMILES string of the molecule is CCOc1ccc([C@H](C)NC(=O)[C@H]2CC(=O)N(c3ccccc3OCC)C2)cc1OCC. The molecule has 0 saturated carbocycles. The molecule has 7 heteroatoms. The van der Waals surface area contributed by atoms with Gasteiger partial charge in [-0.05, 0) is 57.5 Å². The molecule has 1 N–H and O–H groups in total. The van der Waals surface area contributed by atoms with Crippen LogP contribution in [0.5, 0.6) is 17.2 Å². The zero-order chi connectivity index (χ0) is 23.1. The highest BCUT2D eigenvalue weighted by Crippen LogP contribution is 2.34. The smallest absolute Gasteiger partial charge is 0.227 e. The summed E-state index contributed by atoms with van der Waals surface area (Å²) in [5, 5.41) is 3.05. The third-order valence-electron chi connectivity index (χ3n) is 5.38. The van der Waals surface area contributed by atoms with Crippen LogP contribution in [0, 0.1) is 5.92 Å². The first kappa shape index (κ1) is 23.4. The molecule has 172 valence electrons. The van der Waals surface area contributed by atoms with E-state index in [2.05, 4.69) is 5.32 Å². The molecule has 3 rings (SSSR count). The summed E-state index contributed by atoms with van der Waals surface area (Å²) in [4.78, 5) is 27.3. The maximum atomic E-state index is 13.0. The Morgan fingerprint density at radius 3 is 2.38 bits per heavy atom. The quantitative estimate of drug-likeness (QED) is 0.602. The third-order valence-corrected chi connectivity index (χ3v) is 5.38. The van der Waals surface area contributed by atoms with E-state index in [-0.39, 0.29) is 24.3 Å². The molecule has 1 heterocycles. The van der Waals surface area contributed by atoms with Crippen molar-refractivity contribution in [3.63, 3.8) is 0 Å². The number of rotatable bonds is 10. The average molecular weight is 441 g/mol. The number of hydrogen-bond donors (Lipinski definition) is 1. The fraction of sp³-hybridized carbons (Fsp3) is 0.440. The Morgan fingerprint density at radius 2 is 1.66 bits per heavy atom. The Labute approximate surface area is 189 Å². The summed E-state index contributed by atoms with van der Waals surface area (Å²) >= 11 is 0. The van der Waals surface area contributed by atoms with Gasteiger partial charge in [-0.1, -0.05) is 18.2 Å². The number of hydrogen-bond acceptors (Lipinski definition) is 5. The summed E-state index contributed by atoms with van der Waals surface area (Å²) in [6.07, 6.45) is 0.173. The van der Waals surface area contributed by atoms with E-state index in [1.165, 1.54) is 0 Å². The molecule has 2 aromatic carbocycles. The first-order chi connectivity index (χ1) is 15.5. The number of para-hydroxylation sites is 2. The van der Waals surface area contributed by atoms with Crippen LogP contribution in [-0.2, 0) is 9.59 Å². The van der Waals surface area contributed by atoms with Gasteiger partial charge in [0.25, 0.3) is 0 Å². The zero-order valence-corrected chi connectivity index (χ0v) is 19.2. The molecule has 0 radical (unpaired) electrons. The Balaban J connectivity index is 1.69. The number of anilines is 1. The van der Waals surface area contributed by atoms with Crippen LogP contribution in [0.15, 0.2) is 42.5 Å². The van der Waals surface area contributed by atoms with Crippen molar-refractivity contribution in [2.75, 3.05) is 31.3 Å². The molecule has 0 bridgehead atoms. The van der Waals surface area contributed by atoms with Crippen LogP contribution in [0.25, 0.3) is 0 Å². The van der Waals surface area contributed by atoms with Crippen molar-refractivity contribution in [2.45, 2.75) is 40.2 Å². The summed E-state index contributed by atoms with van der Waals surface area (Å²) in [6, 6.07) is 12.9. The molecule has 32 heavy (non-hydrogen) atoms. The van der Waals surface area contributed by atoms with Gasteiger partial charge in [-0.25, -0.2) is 0 Å². The minimum Gasteiger partial charge on any atom is -0.492 e. The predicted octanol–water partition coefficient (Wildman–Crippen LogP) is 4.11. The summed E-state index contributed by atoms with van der Waals surface area (Å²) in [6.45, 7) is 9.56. The van der Waals surface area contributed by atoms with Gasteiger partial charge in [-0.2, -0.15) is 0 Å². The van der Waals surface area contributed by atoms with E-state index in [4.69, 9.17) is 14.2 Å². The number of nitrogens with zero attached hydrogens (tertiary/aromatic N) is 1. The van der Waals surface area contributed by atoms with E-state index in [9.17, 15) is 9.59 Å². The predicted molar refractivity (Wildman–Crippen MR) is 123 cm³/mol. The second-order valence-electron chi connectivity index (χ2n) is 7.61. The van der Waals surface area contributed by atoms with Gasteiger partial charge in [-0.15, -0.1) is 0 Å². The van der Waals surface area contributed by atoms with Crippen LogP contribution in [0.3, 0.4) is 0 Å². The van der Waals surface area contributed by atoms with Gasteiger partial charge in [0.05, 0.1) is 37.5 Å². The van der Waals surface area contributed by atoms with Gasteiger partial charge in [0, 0.05) is 13.0 Å². The second-order valence-corrected chi connectivity index (χ2v) is 7.61. The van der Waals surface area contributed by atoms with Crippen molar-refractivity contribution in [2.24, 2.45) is 5.92 Å². The van der Waals surface area contributed by atoms with E-state index in [1.807, 2.05) is 70.2 Å². The molecular weight excluding hydrogens is 408 g/mol. The lowest BCUT2D eigenvalue weighted by Gasteiger charge is -2.21. The number of benzene rings is 2. The van der Waals surface area contributed by atoms with Gasteiger partial charge >= 0.3 is 0 Å². The van der Waals surface area contributed by atoms with Crippen LogP contribution in [-0.4, -0.2) is 38.2 Å². The van der Waals surface area contributed by atoms with Crippen LogP contribution in [0.2, 0.25) is 0 Å². The Bertz CT molecular complexity index is 946. The van der Waals surface area contributed by atoms with Gasteiger partial charge in [0.2, 0.25) is 11.8 Å². The molecule has 2 aromatic rings. The van der Waals surface area contributed by atoms with Crippen molar-refractivity contribution < 1.29 is 23.8 Å². The first-order valence-corrected chi connectivity index (χ1v) is 11.2. The number of amides is 2. The lowest BCUT2D eigenvalue weighted by molar-refractivity contribution is -0.126. The molecule has 1 aliphatic rings. The van der Waals surface area contributed by atoms with E-state index in [1.54, 1.807) is 4.90 Å². The molecular formula is C25H32N2O5. The number of nitrogens with one attached hydrogen (secondary N) is 1. The number of carbonyl (C=O) groups excluding carboxylic acids is 2. The maximum Gasteiger partial charge on any atom is 0.227 e. The van der Waals surface area contributed by atoms with E-state index in [0.29, 0.717) is 49.3 Å². The lowest BCUT2D eigenvalue weighted by Crippen LogP contribution is -2.34. The van der Waals surface area contributed by atoms with Gasteiger partial charge in [-0.3, -0.25) is 9.59 Å². The summed E-state index contributed by atoms with van der Waals surface area (Å²) < 4.78 is 17.0. The fourth-order valence-electron chi connectivity index (χ4n) is 3.83. The molecule has 0 spiro atoms. The summed E-state index contributed by atoms with van der Waals surface area (Å²) in [7, 11) is 0. The normalized spacial score (nSPS) is 16.6. The summed E-state index contributed by atoms with van der Waals surface area (Å²) in [5.74, 6) is 1.34. The van der Waals surface area contributed by atoms with Gasteiger partial charge in [0.1, 0.15) is 5.75 Å². The number of ether oxygens (including phenoxy) is 3. The minimum atomic E-state index is -0.423. The molecule has 0 aromatic heterocycles. The van der Waals surface area contributed by atoms with Crippen LogP contribution in [0.1, 0.15) is 45.7 Å². The Kier molecular flexibility index (Phi) is 7.98. The van der Waals surface area contributed by atoms with E-state index < -0.39 is 5.92 Å². The van der Waals surface area contributed by atoms with Crippen molar-refractivity contribution >= 4 is 17.5 Å². The van der Waals surface area contributed by atoms with Crippen LogP contribution >= 0.6 is 0 Å². The maximum absolute atomic E-state index is 13.0. The zero-order valence-electron chi connectivity index (χ0n) is 19.2. The largest absolute Gasteiger partial charge is 0.492 e. The fourth-order valence-corrected chi connectivity index (χ4v) is 3.83. The highest BCUT2D eigenvalue weighted by Gasteiger charge is 2.36. The number of carbonyl (C=O) groups is 2. The molecule has 0 aliphatic carbocycles. The molecule has 2 amide bonds. The molecule has 0 unspecified atom stereocenters. The van der Waals surface area contributed by atoms with Crippen molar-refractivity contribution in [1.29, 1.82) is 0 Å². The topological polar surface area (TPSA) is 77.1 Å². The van der Waals surface area contributed by atoms with Crippen molar-refractivity contribution in [3.8, 4) is 17.2 Å². The Morgan fingerprint density at radius 1 is 1.00 bits per heavy atom. The van der Waals surface area contributed by atoms with E-state index in [0.717, 1.165) is 5.56 Å². The molecule has 7 nitrogen and oxygen atoms in total.